The predicted octanol–water partition coefficient (Wildman–Crippen LogP) is 0.387. The average molecular weight is 364 g/mol. The Morgan fingerprint density at radius 1 is 1.32 bits per heavy atom. The molecule has 9 heteroatoms. The fourth-order valence-electron chi connectivity index (χ4n) is 2.95. The van der Waals surface area contributed by atoms with Crippen molar-refractivity contribution in [3.05, 3.63) is 17.5 Å². The van der Waals surface area contributed by atoms with E-state index < -0.39 is 0 Å². The molecule has 0 aromatic carbocycles. The van der Waals surface area contributed by atoms with Gasteiger partial charge in [-0.05, 0) is 24.4 Å². The number of carbonyl (C=O) groups excluding carboxylic acids is 2. The molecule has 0 spiro atoms. The van der Waals surface area contributed by atoms with E-state index >= 15 is 0 Å². The molecule has 8 nitrogen and oxygen atoms in total. The van der Waals surface area contributed by atoms with Crippen LogP contribution in [0.2, 0.25) is 0 Å². The lowest BCUT2D eigenvalue weighted by molar-refractivity contribution is -0.124. The summed E-state index contributed by atoms with van der Waals surface area (Å²) in [4.78, 5) is 33.6. The van der Waals surface area contributed by atoms with Crippen LogP contribution < -0.4 is 15.5 Å². The van der Waals surface area contributed by atoms with E-state index in [2.05, 4.69) is 42.9 Å². The molecule has 2 aliphatic rings. The summed E-state index contributed by atoms with van der Waals surface area (Å²) in [7, 11) is 0. The smallest absolute Gasteiger partial charge is 0.324 e. The lowest BCUT2D eigenvalue weighted by atomic mass is 10.3. The fraction of sp³-hybridized carbons (Fsp3) is 0.562. The molecule has 0 aliphatic carbocycles. The highest BCUT2D eigenvalue weighted by molar-refractivity contribution is 7.14. The highest BCUT2D eigenvalue weighted by Crippen LogP contribution is 2.22. The van der Waals surface area contributed by atoms with Crippen LogP contribution in [0.15, 0.2) is 22.5 Å². The number of guanidine groups is 1. The van der Waals surface area contributed by atoms with Gasteiger partial charge in [-0.3, -0.25) is 14.7 Å². The Bertz CT molecular complexity index is 609. The molecule has 136 valence electrons. The van der Waals surface area contributed by atoms with Gasteiger partial charge in [0.1, 0.15) is 0 Å². The van der Waals surface area contributed by atoms with Gasteiger partial charge in [-0.1, -0.05) is 0 Å². The molecule has 3 amide bonds. The zero-order valence-electron chi connectivity index (χ0n) is 14.4. The van der Waals surface area contributed by atoms with E-state index in [9.17, 15) is 9.59 Å². The van der Waals surface area contributed by atoms with Gasteiger partial charge < -0.3 is 20.4 Å². The molecule has 2 aliphatic heterocycles. The maximum Gasteiger partial charge on any atom is 0.324 e. The van der Waals surface area contributed by atoms with E-state index in [1.54, 1.807) is 11.3 Å². The summed E-state index contributed by atoms with van der Waals surface area (Å²) in [6.07, 6.45) is 0. The van der Waals surface area contributed by atoms with Gasteiger partial charge >= 0.3 is 6.03 Å². The topological polar surface area (TPSA) is 80.3 Å². The number of thiophene rings is 1. The van der Waals surface area contributed by atoms with Crippen LogP contribution >= 0.6 is 11.3 Å². The van der Waals surface area contributed by atoms with Crippen LogP contribution in [0.25, 0.3) is 0 Å². The molecule has 3 heterocycles. The van der Waals surface area contributed by atoms with Crippen molar-refractivity contribution >= 4 is 34.2 Å². The zero-order chi connectivity index (χ0) is 17.6. The van der Waals surface area contributed by atoms with E-state index in [4.69, 9.17) is 0 Å². The zero-order valence-corrected chi connectivity index (χ0v) is 15.2. The molecule has 0 bridgehead atoms. The number of imide groups is 1. The minimum Gasteiger partial charge on any atom is -0.360 e. The molecule has 0 unspecified atom stereocenters. The van der Waals surface area contributed by atoms with Crippen LogP contribution in [-0.2, 0) is 4.79 Å². The number of urea groups is 1. The first-order chi connectivity index (χ1) is 12.2. The van der Waals surface area contributed by atoms with Crippen LogP contribution in [0.1, 0.15) is 6.92 Å². The number of rotatable bonds is 5. The number of amides is 3. The molecule has 0 radical (unpaired) electrons. The summed E-state index contributed by atoms with van der Waals surface area (Å²) in [5.74, 6) is 0.662. The molecule has 0 atom stereocenters. The number of aliphatic imine (C=N–C) groups is 1. The number of hydrogen-bond donors (Lipinski definition) is 2. The van der Waals surface area contributed by atoms with Crippen LogP contribution in [0.4, 0.5) is 9.80 Å². The van der Waals surface area contributed by atoms with E-state index in [1.807, 2.05) is 6.92 Å². The molecule has 3 rings (SSSR count). The fourth-order valence-corrected chi connectivity index (χ4v) is 3.74. The summed E-state index contributed by atoms with van der Waals surface area (Å²) in [5, 5.41) is 9.23. The standard InChI is InChI=1S/C16H24N6O2S/c1-2-17-15(18-5-6-22-13(23)12-19-16(22)24)21-9-7-20(8-10-21)14-4-3-11-25-14/h3-4,11H,2,5-10,12H2,1H3,(H,17,18)(H,19,24). The Hall–Kier alpha value is -2.29. The van der Waals surface area contributed by atoms with Gasteiger partial charge in [0.05, 0.1) is 24.6 Å². The van der Waals surface area contributed by atoms with Crippen molar-refractivity contribution in [2.45, 2.75) is 6.92 Å². The van der Waals surface area contributed by atoms with Gasteiger partial charge in [-0.25, -0.2) is 4.79 Å². The van der Waals surface area contributed by atoms with Crippen molar-refractivity contribution < 1.29 is 9.59 Å². The monoisotopic (exact) mass is 364 g/mol. The second kappa shape index (κ2) is 8.19. The van der Waals surface area contributed by atoms with Gasteiger partial charge in [0, 0.05) is 32.7 Å². The molecule has 2 N–H and O–H groups in total. The lowest BCUT2D eigenvalue weighted by Gasteiger charge is -2.37. The van der Waals surface area contributed by atoms with Gasteiger partial charge in [-0.2, -0.15) is 0 Å². The highest BCUT2D eigenvalue weighted by atomic mass is 32.1. The van der Waals surface area contributed by atoms with Crippen LogP contribution in [-0.4, -0.2) is 80.1 Å². The molecular formula is C16H24N6O2S. The average Bonchev–Trinajstić information content (AvgIpc) is 3.26. The number of hydrogen-bond acceptors (Lipinski definition) is 5. The third-order valence-corrected chi connectivity index (χ3v) is 5.18. The van der Waals surface area contributed by atoms with E-state index in [-0.39, 0.29) is 18.5 Å². The number of nitrogens with zero attached hydrogens (tertiary/aromatic N) is 4. The van der Waals surface area contributed by atoms with Crippen LogP contribution in [0.5, 0.6) is 0 Å². The second-order valence-electron chi connectivity index (χ2n) is 5.87. The Morgan fingerprint density at radius 2 is 2.12 bits per heavy atom. The van der Waals surface area contributed by atoms with Crippen molar-refractivity contribution in [3.8, 4) is 0 Å². The maximum absolute atomic E-state index is 11.6. The third kappa shape index (κ3) is 4.22. The molecule has 2 fully saturated rings. The Balaban J connectivity index is 1.54. The van der Waals surface area contributed by atoms with E-state index in [0.717, 1.165) is 38.7 Å². The summed E-state index contributed by atoms with van der Waals surface area (Å²) in [5.41, 5.74) is 0. The first-order valence-electron chi connectivity index (χ1n) is 8.59. The van der Waals surface area contributed by atoms with Crippen molar-refractivity contribution in [1.29, 1.82) is 0 Å². The number of anilines is 1. The van der Waals surface area contributed by atoms with Crippen LogP contribution in [0, 0.1) is 0 Å². The normalized spacial score (nSPS) is 18.8. The van der Waals surface area contributed by atoms with Gasteiger partial charge in [0.15, 0.2) is 5.96 Å². The summed E-state index contributed by atoms with van der Waals surface area (Å²) in [6, 6.07) is 3.90. The quantitative estimate of drug-likeness (QED) is 0.449. The second-order valence-corrected chi connectivity index (χ2v) is 6.79. The Kier molecular flexibility index (Phi) is 5.75. The van der Waals surface area contributed by atoms with E-state index in [0.29, 0.717) is 13.1 Å². The molecular weight excluding hydrogens is 340 g/mol. The number of piperazine rings is 1. The first-order valence-corrected chi connectivity index (χ1v) is 9.47. The Labute approximate surface area is 151 Å². The van der Waals surface area contributed by atoms with Crippen molar-refractivity contribution in [2.24, 2.45) is 4.99 Å². The van der Waals surface area contributed by atoms with E-state index in [1.165, 1.54) is 9.90 Å². The highest BCUT2D eigenvalue weighted by Gasteiger charge is 2.27. The van der Waals surface area contributed by atoms with Crippen LogP contribution in [0.3, 0.4) is 0 Å². The van der Waals surface area contributed by atoms with Crippen molar-refractivity contribution in [1.82, 2.24) is 20.4 Å². The molecule has 2 saturated heterocycles. The summed E-state index contributed by atoms with van der Waals surface area (Å²) in [6.45, 7) is 7.34. The number of carbonyl (C=O) groups is 2. The molecule has 25 heavy (non-hydrogen) atoms. The minimum absolute atomic E-state index is 0.0906. The lowest BCUT2D eigenvalue weighted by Crippen LogP contribution is -2.52. The predicted molar refractivity (Wildman–Crippen MR) is 99.2 cm³/mol. The first kappa shape index (κ1) is 17.5. The molecule has 1 aromatic rings. The summed E-state index contributed by atoms with van der Waals surface area (Å²) < 4.78 is 0. The molecule has 1 aromatic heterocycles. The SMILES string of the molecule is CCNC(=NCCN1C(=O)CNC1=O)N1CCN(c2cccs2)CC1. The minimum atomic E-state index is -0.324. The van der Waals surface area contributed by atoms with Gasteiger partial charge in [0.2, 0.25) is 5.91 Å². The van der Waals surface area contributed by atoms with Crippen molar-refractivity contribution in [3.63, 3.8) is 0 Å². The number of nitrogens with one attached hydrogen (secondary N) is 2. The van der Waals surface area contributed by atoms with Gasteiger partial charge in [0.25, 0.3) is 0 Å². The van der Waals surface area contributed by atoms with Crippen molar-refractivity contribution in [2.75, 3.05) is 57.3 Å². The maximum atomic E-state index is 11.6. The molecule has 0 saturated carbocycles. The summed E-state index contributed by atoms with van der Waals surface area (Å²) >= 11 is 1.76. The largest absolute Gasteiger partial charge is 0.360 e. The Morgan fingerprint density at radius 3 is 2.72 bits per heavy atom. The van der Waals surface area contributed by atoms with Gasteiger partial charge in [-0.15, -0.1) is 11.3 Å². The third-order valence-electron chi connectivity index (χ3n) is 4.25.